The summed E-state index contributed by atoms with van der Waals surface area (Å²) in [6.07, 6.45) is 2.77. The first-order valence-corrected chi connectivity index (χ1v) is 14.5. The van der Waals surface area contributed by atoms with E-state index < -0.39 is 30.4 Å². The van der Waals surface area contributed by atoms with Crippen molar-refractivity contribution in [3.63, 3.8) is 0 Å². The van der Waals surface area contributed by atoms with E-state index in [2.05, 4.69) is 10.2 Å². The summed E-state index contributed by atoms with van der Waals surface area (Å²) in [6.45, 7) is 0.989. The van der Waals surface area contributed by atoms with Crippen LogP contribution in [0.3, 0.4) is 0 Å². The van der Waals surface area contributed by atoms with Crippen LogP contribution in [-0.2, 0) is 37.5 Å². The number of aromatic hydroxyl groups is 1. The van der Waals surface area contributed by atoms with E-state index >= 15 is 0 Å². The maximum Gasteiger partial charge on any atom is 0.264 e. The van der Waals surface area contributed by atoms with Gasteiger partial charge in [0.25, 0.3) is 11.8 Å². The van der Waals surface area contributed by atoms with Crippen molar-refractivity contribution in [1.29, 1.82) is 10.8 Å². The number of allylic oxidation sites excluding steroid dienone is 1. The fourth-order valence-electron chi connectivity index (χ4n) is 5.80. The van der Waals surface area contributed by atoms with E-state index in [1.165, 1.54) is 18.2 Å². The summed E-state index contributed by atoms with van der Waals surface area (Å²) in [5.74, 6) is -2.62. The Balaban J connectivity index is 0.00000480. The fourth-order valence-corrected chi connectivity index (χ4v) is 5.80. The Kier molecular flexibility index (Phi) is 11.1. The van der Waals surface area contributed by atoms with Crippen LogP contribution >= 0.6 is 0 Å². The first-order valence-electron chi connectivity index (χ1n) is 14.5. The van der Waals surface area contributed by atoms with Gasteiger partial charge in [0.1, 0.15) is 11.6 Å². The average molecular weight is 698 g/mol. The number of carbonyl (C=O) groups excluding carboxylic acids is 3. The molecule has 3 aromatic rings. The molecule has 1 saturated heterocycles. The van der Waals surface area contributed by atoms with E-state index in [9.17, 15) is 24.6 Å². The monoisotopic (exact) mass is 697 g/mol. The van der Waals surface area contributed by atoms with Gasteiger partial charge in [-0.3, -0.25) is 19.9 Å². The van der Waals surface area contributed by atoms with E-state index in [0.29, 0.717) is 35.5 Å². The Labute approximate surface area is 291 Å². The summed E-state index contributed by atoms with van der Waals surface area (Å²) in [5.41, 5.74) is 16.6. The first-order chi connectivity index (χ1) is 21.6. The maximum absolute atomic E-state index is 13.3. The van der Waals surface area contributed by atoms with Crippen molar-refractivity contribution in [2.45, 2.75) is 31.3 Å². The number of para-hydroxylation sites is 1. The second-order valence-electron chi connectivity index (χ2n) is 11.0. The van der Waals surface area contributed by atoms with E-state index in [1.807, 2.05) is 24.3 Å². The molecule has 0 bridgehead atoms. The third kappa shape index (κ3) is 7.04. The van der Waals surface area contributed by atoms with E-state index in [1.54, 1.807) is 30.3 Å². The maximum atomic E-state index is 13.3. The molecule has 1 unspecified atom stereocenters. The quantitative estimate of drug-likeness (QED) is 0.0985. The molecular formula is C33H34N7O5Y-. The Hall–Kier alpha value is -4.39. The minimum absolute atomic E-state index is 0. The molecule has 1 radical (unpaired) electrons. The predicted octanol–water partition coefficient (Wildman–Crippen LogP) is 3.78. The van der Waals surface area contributed by atoms with Crippen molar-refractivity contribution in [3.8, 4) is 5.75 Å². The molecule has 2 aliphatic heterocycles. The van der Waals surface area contributed by atoms with E-state index in [4.69, 9.17) is 22.3 Å². The Morgan fingerprint density at radius 2 is 1.70 bits per heavy atom. The normalized spacial score (nSPS) is 15.6. The number of amidine groups is 1. The molecule has 2 heterocycles. The van der Waals surface area contributed by atoms with E-state index in [0.717, 1.165) is 23.4 Å². The number of rotatable bonds is 11. The molecule has 46 heavy (non-hydrogen) atoms. The van der Waals surface area contributed by atoms with Gasteiger partial charge in [-0.25, -0.2) is 0 Å². The van der Waals surface area contributed by atoms with Crippen molar-refractivity contribution in [3.05, 3.63) is 101 Å². The molecule has 0 aliphatic carbocycles. The van der Waals surface area contributed by atoms with Crippen LogP contribution in [0.25, 0.3) is 11.3 Å². The molecule has 3 aromatic carbocycles. The molecular weight excluding hydrogens is 663 g/mol. The number of phenols is 1. The standard InChI is InChI=1S/C33H35N7O5.Y/c34-25(22-4-1-2-7-28(22)42)18-24(30(35)36)19-8-10-21(11-9-19)39-15-12-20(13-16-39)38-26-6-3-5-23-29(26)33(45)40(32(23)44)27(14-17-41)31(37)43;/h1-11,18,20,27,41H,12-17H2,(H8,34,35,36,37,38,42,43,45);/p-1/b24-18-;. The molecule has 0 spiro atoms. The second-order valence-corrected chi connectivity index (χ2v) is 11.0. The summed E-state index contributed by atoms with van der Waals surface area (Å²) >= 11 is 0. The van der Waals surface area contributed by atoms with Crippen molar-refractivity contribution in [1.82, 2.24) is 4.90 Å². The van der Waals surface area contributed by atoms with Gasteiger partial charge >= 0.3 is 0 Å². The largest absolute Gasteiger partial charge is 0.666 e. The molecule has 12 nitrogen and oxygen atoms in total. The van der Waals surface area contributed by atoms with Gasteiger partial charge in [0.15, 0.2) is 0 Å². The molecule has 2 aliphatic rings. The first kappa shape index (κ1) is 34.5. The average Bonchev–Trinajstić information content (AvgIpc) is 3.28. The summed E-state index contributed by atoms with van der Waals surface area (Å²) in [5, 5.41) is 39.3. The summed E-state index contributed by atoms with van der Waals surface area (Å²) in [7, 11) is 0. The third-order valence-corrected chi connectivity index (χ3v) is 8.13. The van der Waals surface area contributed by atoms with Crippen LogP contribution in [0.4, 0.5) is 11.4 Å². The second kappa shape index (κ2) is 14.8. The zero-order valence-electron chi connectivity index (χ0n) is 25.0. The number of fused-ring (bicyclic) bond motifs is 1. The summed E-state index contributed by atoms with van der Waals surface area (Å²) in [4.78, 5) is 41.2. The minimum atomic E-state index is -1.34. The SMILES string of the molecule is N=C(N)/C(=C\C(=N)c1ccccc1O)c1ccc(N2CCC(Nc3cccc4c3C(=O)N(C(CCO)C([NH-])=O)C4=O)CC2)cc1.[Y]. The van der Waals surface area contributed by atoms with Crippen LogP contribution in [0, 0.1) is 10.8 Å². The number of benzene rings is 3. The van der Waals surface area contributed by atoms with Crippen LogP contribution < -0.4 is 16.0 Å². The van der Waals surface area contributed by atoms with Crippen molar-refractivity contribution in [2.75, 3.05) is 29.9 Å². The molecule has 1 atom stereocenters. The molecule has 8 N–H and O–H groups in total. The van der Waals surface area contributed by atoms with Gasteiger partial charge in [-0.05, 0) is 67.3 Å². The molecule has 1 fully saturated rings. The minimum Gasteiger partial charge on any atom is -0.666 e. The summed E-state index contributed by atoms with van der Waals surface area (Å²) < 4.78 is 0. The zero-order valence-corrected chi connectivity index (χ0v) is 27.8. The van der Waals surface area contributed by atoms with Gasteiger partial charge in [0.2, 0.25) is 0 Å². The number of nitrogens with zero attached hydrogens (tertiary/aromatic N) is 2. The van der Waals surface area contributed by atoms with Crippen molar-refractivity contribution < 1.29 is 57.3 Å². The van der Waals surface area contributed by atoms with E-state index in [-0.39, 0.29) is 73.6 Å². The van der Waals surface area contributed by atoms with Gasteiger partial charge in [-0.15, -0.1) is 0 Å². The fraction of sp³-hybridized carbons (Fsp3) is 0.242. The number of phenolic OH excluding ortho intramolecular Hbond substituents is 1. The van der Waals surface area contributed by atoms with Gasteiger partial charge < -0.3 is 42.1 Å². The van der Waals surface area contributed by atoms with Gasteiger partial charge in [-0.1, -0.05) is 30.3 Å². The Bertz CT molecular complexity index is 1700. The van der Waals surface area contributed by atoms with Crippen LogP contribution in [-0.4, -0.2) is 76.2 Å². The number of aliphatic hydroxyl groups is 1. The van der Waals surface area contributed by atoms with Gasteiger partial charge in [0, 0.05) is 81.0 Å². The number of aliphatic hydroxyl groups excluding tert-OH is 1. The third-order valence-electron chi connectivity index (χ3n) is 8.13. The molecule has 0 aromatic heterocycles. The predicted molar refractivity (Wildman–Crippen MR) is 172 cm³/mol. The number of anilines is 2. The number of imide groups is 1. The van der Waals surface area contributed by atoms with Crippen molar-refractivity contribution >= 4 is 46.2 Å². The Morgan fingerprint density at radius 1 is 1.02 bits per heavy atom. The molecule has 235 valence electrons. The number of hydrogen-bond acceptors (Lipinski definition) is 9. The summed E-state index contributed by atoms with van der Waals surface area (Å²) in [6, 6.07) is 17.7. The topological polar surface area (TPSA) is 208 Å². The van der Waals surface area contributed by atoms with Crippen LogP contribution in [0.2, 0.25) is 0 Å². The number of amides is 3. The van der Waals surface area contributed by atoms with Crippen molar-refractivity contribution in [2.24, 2.45) is 5.73 Å². The van der Waals surface area contributed by atoms with Gasteiger partial charge in [0.05, 0.1) is 28.8 Å². The van der Waals surface area contributed by atoms with Crippen LogP contribution in [0.1, 0.15) is 51.1 Å². The number of hydrogen-bond donors (Lipinski definition) is 6. The smallest absolute Gasteiger partial charge is 0.264 e. The number of piperidine rings is 1. The zero-order chi connectivity index (χ0) is 32.2. The number of carbonyl (C=O) groups is 3. The van der Waals surface area contributed by atoms with Crippen LogP contribution in [0.5, 0.6) is 5.75 Å². The van der Waals surface area contributed by atoms with Gasteiger partial charge in [-0.2, -0.15) is 0 Å². The number of nitrogens with two attached hydrogens (primary N) is 1. The molecule has 13 heteroatoms. The molecule has 0 saturated carbocycles. The molecule has 5 rings (SSSR count). The van der Waals surface area contributed by atoms with Crippen LogP contribution in [0.15, 0.2) is 72.8 Å². The molecule has 3 amide bonds. The number of nitrogens with one attached hydrogen (secondary N) is 4. The Morgan fingerprint density at radius 3 is 2.30 bits per heavy atom.